The lowest BCUT2D eigenvalue weighted by Crippen LogP contribution is -2.47. The molecule has 1 aliphatic rings. The van der Waals surface area contributed by atoms with Gasteiger partial charge in [-0.3, -0.25) is 9.69 Å². The zero-order chi connectivity index (χ0) is 16.2. The van der Waals surface area contributed by atoms with Crippen LogP contribution < -0.4 is 5.32 Å². The highest BCUT2D eigenvalue weighted by atomic mass is 19.1. The van der Waals surface area contributed by atoms with Crippen LogP contribution in [-0.4, -0.2) is 42.2 Å². The van der Waals surface area contributed by atoms with Crippen LogP contribution in [0.2, 0.25) is 0 Å². The summed E-state index contributed by atoms with van der Waals surface area (Å²) < 4.78 is 13.5. The molecule has 1 unspecified atom stereocenters. The zero-order valence-corrected chi connectivity index (χ0v) is 13.4. The smallest absolute Gasteiger partial charge is 0.234 e. The molecule has 1 aromatic carbocycles. The van der Waals surface area contributed by atoms with Crippen molar-refractivity contribution < 1.29 is 14.3 Å². The standard InChI is InChI=1S/C17H25FN2O2/c1-13-4-5-14(8-15(13)18)9-19-16(22)10-20-7-3-6-17(2,11-20)12-21/h4-5,8,21H,3,6-7,9-12H2,1-2H3,(H,19,22). The fraction of sp³-hybridized carbons (Fsp3) is 0.588. The molecule has 0 aliphatic carbocycles. The molecule has 22 heavy (non-hydrogen) atoms. The normalized spacial score (nSPS) is 22.5. The number of amides is 1. The summed E-state index contributed by atoms with van der Waals surface area (Å²) in [6.07, 6.45) is 1.98. The Bertz CT molecular complexity index is 535. The predicted molar refractivity (Wildman–Crippen MR) is 83.9 cm³/mol. The Hall–Kier alpha value is -1.46. The third-order valence-electron chi connectivity index (χ3n) is 4.33. The van der Waals surface area contributed by atoms with Crippen LogP contribution >= 0.6 is 0 Å². The molecule has 0 saturated carbocycles. The average molecular weight is 308 g/mol. The number of benzene rings is 1. The van der Waals surface area contributed by atoms with Crippen LogP contribution in [0.1, 0.15) is 30.9 Å². The van der Waals surface area contributed by atoms with E-state index in [1.54, 1.807) is 13.0 Å². The van der Waals surface area contributed by atoms with Gasteiger partial charge in [-0.05, 0) is 43.5 Å². The summed E-state index contributed by atoms with van der Waals surface area (Å²) in [5.74, 6) is -0.315. The summed E-state index contributed by atoms with van der Waals surface area (Å²) in [6, 6.07) is 5.00. The second-order valence-corrected chi connectivity index (χ2v) is 6.64. The number of aryl methyl sites for hydroxylation is 1. The van der Waals surface area contributed by atoms with Crippen LogP contribution in [0.25, 0.3) is 0 Å². The van der Waals surface area contributed by atoms with Crippen molar-refractivity contribution in [2.75, 3.05) is 26.2 Å². The van der Waals surface area contributed by atoms with Crippen molar-refractivity contribution in [2.24, 2.45) is 5.41 Å². The first-order valence-corrected chi connectivity index (χ1v) is 7.77. The Balaban J connectivity index is 1.81. The van der Waals surface area contributed by atoms with Gasteiger partial charge in [0.15, 0.2) is 0 Å². The maximum atomic E-state index is 13.5. The van der Waals surface area contributed by atoms with Crippen molar-refractivity contribution >= 4 is 5.91 Å². The molecular formula is C17H25FN2O2. The monoisotopic (exact) mass is 308 g/mol. The van der Waals surface area contributed by atoms with Gasteiger partial charge in [0.05, 0.1) is 6.54 Å². The van der Waals surface area contributed by atoms with Gasteiger partial charge >= 0.3 is 0 Å². The Kier molecular flexibility index (Phi) is 5.53. The fourth-order valence-electron chi connectivity index (χ4n) is 2.90. The minimum atomic E-state index is -0.249. The lowest BCUT2D eigenvalue weighted by molar-refractivity contribution is -0.123. The number of carbonyl (C=O) groups is 1. The van der Waals surface area contributed by atoms with E-state index in [0.29, 0.717) is 18.7 Å². The number of likely N-dealkylation sites (tertiary alicyclic amines) is 1. The Morgan fingerprint density at radius 1 is 1.50 bits per heavy atom. The molecule has 2 rings (SSSR count). The first-order valence-electron chi connectivity index (χ1n) is 7.77. The lowest BCUT2D eigenvalue weighted by atomic mass is 9.83. The van der Waals surface area contributed by atoms with E-state index in [9.17, 15) is 14.3 Å². The van der Waals surface area contributed by atoms with Crippen LogP contribution in [0.3, 0.4) is 0 Å². The Labute approximate surface area is 131 Å². The molecule has 1 heterocycles. The highest BCUT2D eigenvalue weighted by Gasteiger charge is 2.30. The summed E-state index contributed by atoms with van der Waals surface area (Å²) in [5.41, 5.74) is 1.25. The molecule has 2 N–H and O–H groups in total. The second-order valence-electron chi connectivity index (χ2n) is 6.64. The molecule has 122 valence electrons. The van der Waals surface area contributed by atoms with E-state index >= 15 is 0 Å². The zero-order valence-electron chi connectivity index (χ0n) is 13.4. The van der Waals surface area contributed by atoms with E-state index in [0.717, 1.165) is 31.5 Å². The molecule has 1 atom stereocenters. The van der Waals surface area contributed by atoms with E-state index in [1.165, 1.54) is 6.07 Å². The SMILES string of the molecule is Cc1ccc(CNC(=O)CN2CCCC(C)(CO)C2)cc1F. The average Bonchev–Trinajstić information content (AvgIpc) is 2.48. The number of hydrogen-bond acceptors (Lipinski definition) is 3. The Morgan fingerprint density at radius 3 is 2.95 bits per heavy atom. The van der Waals surface area contributed by atoms with Gasteiger partial charge in [-0.25, -0.2) is 4.39 Å². The Morgan fingerprint density at radius 2 is 2.27 bits per heavy atom. The number of nitrogens with zero attached hydrogens (tertiary/aromatic N) is 1. The van der Waals surface area contributed by atoms with Gasteiger partial charge in [0, 0.05) is 25.1 Å². The van der Waals surface area contributed by atoms with Gasteiger partial charge in [-0.15, -0.1) is 0 Å². The van der Waals surface area contributed by atoms with E-state index in [1.807, 2.05) is 13.0 Å². The molecule has 4 nitrogen and oxygen atoms in total. The molecule has 5 heteroatoms. The molecule has 1 saturated heterocycles. The van der Waals surface area contributed by atoms with Crippen molar-refractivity contribution in [3.8, 4) is 0 Å². The number of carbonyl (C=O) groups excluding carboxylic acids is 1. The number of nitrogens with one attached hydrogen (secondary N) is 1. The number of aliphatic hydroxyl groups excluding tert-OH is 1. The molecule has 1 amide bonds. The van der Waals surface area contributed by atoms with Gasteiger partial charge in [-0.1, -0.05) is 19.1 Å². The number of aliphatic hydroxyl groups is 1. The predicted octanol–water partition coefficient (Wildman–Crippen LogP) is 1.84. The first kappa shape index (κ1) is 16.9. The van der Waals surface area contributed by atoms with Crippen molar-refractivity contribution in [1.82, 2.24) is 10.2 Å². The van der Waals surface area contributed by atoms with E-state index in [-0.39, 0.29) is 23.7 Å². The molecule has 1 fully saturated rings. The molecule has 0 bridgehead atoms. The number of piperidine rings is 1. The van der Waals surface area contributed by atoms with Crippen molar-refractivity contribution in [3.05, 3.63) is 35.1 Å². The summed E-state index contributed by atoms with van der Waals surface area (Å²) in [6.45, 7) is 6.18. The van der Waals surface area contributed by atoms with Gasteiger partial charge < -0.3 is 10.4 Å². The summed E-state index contributed by atoms with van der Waals surface area (Å²) in [4.78, 5) is 14.1. The third kappa shape index (κ3) is 4.52. The summed E-state index contributed by atoms with van der Waals surface area (Å²) >= 11 is 0. The van der Waals surface area contributed by atoms with Gasteiger partial charge in [0.2, 0.25) is 5.91 Å². The van der Waals surface area contributed by atoms with Gasteiger partial charge in [-0.2, -0.15) is 0 Å². The molecule has 1 aliphatic heterocycles. The highest BCUT2D eigenvalue weighted by Crippen LogP contribution is 2.28. The molecule has 0 spiro atoms. The van der Waals surface area contributed by atoms with Crippen molar-refractivity contribution in [1.29, 1.82) is 0 Å². The van der Waals surface area contributed by atoms with Gasteiger partial charge in [0.1, 0.15) is 5.82 Å². The topological polar surface area (TPSA) is 52.6 Å². The van der Waals surface area contributed by atoms with Crippen LogP contribution in [0.4, 0.5) is 4.39 Å². The van der Waals surface area contributed by atoms with Crippen LogP contribution in [0.5, 0.6) is 0 Å². The number of hydrogen-bond donors (Lipinski definition) is 2. The van der Waals surface area contributed by atoms with Gasteiger partial charge in [0.25, 0.3) is 0 Å². The van der Waals surface area contributed by atoms with E-state index in [4.69, 9.17) is 0 Å². The van der Waals surface area contributed by atoms with Crippen LogP contribution in [0.15, 0.2) is 18.2 Å². The fourth-order valence-corrected chi connectivity index (χ4v) is 2.90. The largest absolute Gasteiger partial charge is 0.396 e. The van der Waals surface area contributed by atoms with Crippen LogP contribution in [-0.2, 0) is 11.3 Å². The van der Waals surface area contributed by atoms with E-state index < -0.39 is 0 Å². The first-order chi connectivity index (χ1) is 10.4. The third-order valence-corrected chi connectivity index (χ3v) is 4.33. The molecule has 1 aromatic rings. The second kappa shape index (κ2) is 7.20. The maximum absolute atomic E-state index is 13.5. The number of rotatable bonds is 5. The molecular weight excluding hydrogens is 283 g/mol. The highest BCUT2D eigenvalue weighted by molar-refractivity contribution is 5.78. The summed E-state index contributed by atoms with van der Waals surface area (Å²) in [5, 5.41) is 12.3. The molecule has 0 aromatic heterocycles. The summed E-state index contributed by atoms with van der Waals surface area (Å²) in [7, 11) is 0. The minimum absolute atomic E-state index is 0.0665. The van der Waals surface area contributed by atoms with Crippen molar-refractivity contribution in [3.63, 3.8) is 0 Å². The quantitative estimate of drug-likeness (QED) is 0.873. The van der Waals surface area contributed by atoms with Crippen molar-refractivity contribution in [2.45, 2.75) is 33.2 Å². The number of halogens is 1. The lowest BCUT2D eigenvalue weighted by Gasteiger charge is -2.38. The molecule has 0 radical (unpaired) electrons. The minimum Gasteiger partial charge on any atom is -0.396 e. The van der Waals surface area contributed by atoms with E-state index in [2.05, 4.69) is 10.2 Å². The van der Waals surface area contributed by atoms with Crippen LogP contribution in [0, 0.1) is 18.2 Å². The maximum Gasteiger partial charge on any atom is 0.234 e.